The van der Waals surface area contributed by atoms with E-state index in [2.05, 4.69) is 9.88 Å². The van der Waals surface area contributed by atoms with Gasteiger partial charge in [-0.15, -0.1) is 11.3 Å². The number of hydrogen-bond acceptors (Lipinski definition) is 8. The Hall–Kier alpha value is -3.77. The lowest BCUT2D eigenvalue weighted by atomic mass is 10.1. The number of ether oxygens (including phenoxy) is 3. The molecule has 4 rings (SSSR count). The number of carbonyl (C=O) groups excluding carboxylic acids is 1. The average molecular weight is 550 g/mol. The minimum atomic E-state index is -4.52. The summed E-state index contributed by atoms with van der Waals surface area (Å²) in [7, 11) is 5.48. The third kappa shape index (κ3) is 6.37. The van der Waals surface area contributed by atoms with Crippen LogP contribution in [0.2, 0.25) is 0 Å². The Bertz CT molecular complexity index is 1400. The second kappa shape index (κ2) is 11.7. The van der Waals surface area contributed by atoms with E-state index in [1.807, 2.05) is 14.1 Å². The highest BCUT2D eigenvalue weighted by molar-refractivity contribution is 7.12. The van der Waals surface area contributed by atoms with Crippen molar-refractivity contribution in [2.24, 2.45) is 0 Å². The van der Waals surface area contributed by atoms with E-state index in [9.17, 15) is 18.0 Å². The maximum Gasteiger partial charge on any atom is 0.416 e. The second-order valence-electron chi connectivity index (χ2n) is 8.50. The van der Waals surface area contributed by atoms with E-state index in [1.165, 1.54) is 42.4 Å². The zero-order chi connectivity index (χ0) is 27.3. The Morgan fingerprint density at radius 3 is 2.61 bits per heavy atom. The van der Waals surface area contributed by atoms with Gasteiger partial charge in [-0.1, -0.05) is 18.2 Å². The molecule has 0 aliphatic carbocycles. The van der Waals surface area contributed by atoms with Crippen molar-refractivity contribution in [3.8, 4) is 17.2 Å². The van der Waals surface area contributed by atoms with Crippen LogP contribution in [0.25, 0.3) is 11.0 Å². The Morgan fingerprint density at radius 1 is 1.08 bits per heavy atom. The molecule has 0 unspecified atom stereocenters. The fourth-order valence-electron chi connectivity index (χ4n) is 3.67. The Balaban J connectivity index is 1.49. The minimum Gasteiger partial charge on any atom is -0.493 e. The van der Waals surface area contributed by atoms with Crippen molar-refractivity contribution in [1.82, 2.24) is 14.6 Å². The molecule has 0 fully saturated rings. The predicted octanol–water partition coefficient (Wildman–Crippen LogP) is 5.30. The molecule has 2 heterocycles. The van der Waals surface area contributed by atoms with E-state index in [4.69, 9.17) is 19.0 Å². The van der Waals surface area contributed by atoms with Crippen molar-refractivity contribution in [1.29, 1.82) is 0 Å². The third-order valence-corrected chi connectivity index (χ3v) is 6.38. The summed E-state index contributed by atoms with van der Waals surface area (Å²) in [6, 6.07) is 9.98. The predicted molar refractivity (Wildman–Crippen MR) is 136 cm³/mol. The van der Waals surface area contributed by atoms with Crippen molar-refractivity contribution in [2.45, 2.75) is 19.2 Å². The molecule has 0 radical (unpaired) electrons. The molecule has 2 aromatic heterocycles. The summed E-state index contributed by atoms with van der Waals surface area (Å²) >= 11 is 1.05. The summed E-state index contributed by atoms with van der Waals surface area (Å²) in [5.41, 5.74) is 0.152. The first kappa shape index (κ1) is 27.3. The highest BCUT2D eigenvalue weighted by Gasteiger charge is 2.33. The lowest BCUT2D eigenvalue weighted by Gasteiger charge is -2.14. The maximum atomic E-state index is 13.3. The zero-order valence-electron chi connectivity index (χ0n) is 20.9. The van der Waals surface area contributed by atoms with Gasteiger partial charge in [-0.2, -0.15) is 17.9 Å². The first-order chi connectivity index (χ1) is 18.2. The van der Waals surface area contributed by atoms with Gasteiger partial charge < -0.3 is 23.9 Å². The average Bonchev–Trinajstić information content (AvgIpc) is 3.51. The molecule has 0 atom stereocenters. The van der Waals surface area contributed by atoms with Crippen molar-refractivity contribution < 1.29 is 37.0 Å². The molecular weight excluding hydrogens is 523 g/mol. The summed E-state index contributed by atoms with van der Waals surface area (Å²) in [4.78, 5) is 24.9. The van der Waals surface area contributed by atoms with Gasteiger partial charge in [0.25, 0.3) is 0 Å². The third-order valence-electron chi connectivity index (χ3n) is 5.51. The Kier molecular flexibility index (Phi) is 8.42. The summed E-state index contributed by atoms with van der Waals surface area (Å²) in [6.07, 6.45) is -2.38. The number of rotatable bonds is 11. The molecule has 0 aliphatic heterocycles. The normalized spacial score (nSPS) is 11.7. The monoisotopic (exact) mass is 549 g/mol. The van der Waals surface area contributed by atoms with Crippen LogP contribution in [0.4, 0.5) is 13.2 Å². The smallest absolute Gasteiger partial charge is 0.416 e. The van der Waals surface area contributed by atoms with Crippen molar-refractivity contribution >= 4 is 28.3 Å². The molecule has 0 saturated heterocycles. The highest BCUT2D eigenvalue weighted by Crippen LogP contribution is 2.34. The Morgan fingerprint density at radius 2 is 1.87 bits per heavy atom. The lowest BCUT2D eigenvalue weighted by Crippen LogP contribution is -2.19. The van der Waals surface area contributed by atoms with Crippen LogP contribution in [-0.4, -0.2) is 54.9 Å². The topological polar surface area (TPSA) is 75.0 Å². The van der Waals surface area contributed by atoms with Crippen molar-refractivity contribution in [2.75, 3.05) is 34.4 Å². The molecule has 0 amide bonds. The first-order valence-electron chi connectivity index (χ1n) is 11.6. The molecule has 38 heavy (non-hydrogen) atoms. The van der Waals surface area contributed by atoms with Crippen LogP contribution >= 0.6 is 11.3 Å². The van der Waals surface area contributed by atoms with Crippen LogP contribution in [-0.2, 0) is 12.8 Å². The Labute approximate surface area is 221 Å². The minimum absolute atomic E-state index is 0.0434. The van der Waals surface area contributed by atoms with Crippen LogP contribution in [0, 0.1) is 0 Å². The van der Waals surface area contributed by atoms with Crippen LogP contribution in [0.5, 0.6) is 17.2 Å². The van der Waals surface area contributed by atoms with E-state index in [-0.39, 0.29) is 22.8 Å². The molecule has 0 saturated carbocycles. The highest BCUT2D eigenvalue weighted by atomic mass is 32.1. The van der Waals surface area contributed by atoms with Crippen molar-refractivity contribution in [3.63, 3.8) is 0 Å². The van der Waals surface area contributed by atoms with E-state index in [1.54, 1.807) is 17.5 Å². The molecule has 12 heteroatoms. The van der Waals surface area contributed by atoms with Gasteiger partial charge >= 0.3 is 12.1 Å². The van der Waals surface area contributed by atoms with Crippen LogP contribution in [0.3, 0.4) is 0 Å². The van der Waals surface area contributed by atoms with Gasteiger partial charge in [-0.05, 0) is 38.0 Å². The largest absolute Gasteiger partial charge is 0.493 e. The maximum absolute atomic E-state index is 13.3. The number of imidazole rings is 1. The number of thiophene rings is 1. The molecular formula is C26H26F3N3O5S. The van der Waals surface area contributed by atoms with E-state index < -0.39 is 17.7 Å². The number of aromatic nitrogens is 2. The molecule has 2 aromatic carbocycles. The second-order valence-corrected chi connectivity index (χ2v) is 9.42. The number of benzene rings is 2. The molecule has 8 nitrogen and oxygen atoms in total. The number of hydrogen-bond donors (Lipinski definition) is 0. The van der Waals surface area contributed by atoms with E-state index in [0.29, 0.717) is 29.1 Å². The van der Waals surface area contributed by atoms with Crippen LogP contribution < -0.4 is 19.0 Å². The van der Waals surface area contributed by atoms with Crippen LogP contribution in [0.1, 0.15) is 27.2 Å². The summed E-state index contributed by atoms with van der Waals surface area (Å²) < 4.78 is 58.0. The summed E-state index contributed by atoms with van der Waals surface area (Å²) in [5.74, 6) is 0.336. The number of alkyl halides is 3. The van der Waals surface area contributed by atoms with Gasteiger partial charge in [-0.3, -0.25) is 0 Å². The number of fused-ring (bicyclic) bond motifs is 1. The SMILES string of the molecule is COc1cc2ncn(OC(=O)c3sccc3OCc3ccccc3C(F)(F)F)c2cc1OCCCN(C)C. The van der Waals surface area contributed by atoms with E-state index >= 15 is 0 Å². The first-order valence-corrected chi connectivity index (χ1v) is 12.5. The van der Waals surface area contributed by atoms with Gasteiger partial charge in [-0.25, -0.2) is 9.78 Å². The van der Waals surface area contributed by atoms with Gasteiger partial charge in [0, 0.05) is 24.2 Å². The number of nitrogens with zero attached hydrogens (tertiary/aromatic N) is 3. The fraction of sp³-hybridized carbons (Fsp3) is 0.308. The van der Waals surface area contributed by atoms with Crippen LogP contribution in [0.15, 0.2) is 54.2 Å². The molecule has 0 spiro atoms. The van der Waals surface area contributed by atoms with Crippen molar-refractivity contribution in [3.05, 3.63) is 70.2 Å². The number of carbonyl (C=O) groups is 1. The van der Waals surface area contributed by atoms with Gasteiger partial charge in [0.1, 0.15) is 24.2 Å². The number of methoxy groups -OCH3 is 1. The summed E-state index contributed by atoms with van der Waals surface area (Å²) in [5, 5.41) is 1.60. The molecule has 0 bridgehead atoms. The molecule has 202 valence electrons. The van der Waals surface area contributed by atoms with Gasteiger partial charge in [0.05, 0.1) is 24.8 Å². The van der Waals surface area contributed by atoms with Gasteiger partial charge in [0.15, 0.2) is 16.4 Å². The van der Waals surface area contributed by atoms with E-state index in [0.717, 1.165) is 30.4 Å². The standard InChI is InChI=1S/C26H26F3N3O5S/c1-31(2)10-6-11-35-23-14-20-19(13-22(23)34-3)30-16-32(20)37-25(33)24-21(9-12-38-24)36-15-17-7-4-5-8-18(17)26(27,28)29/h4-5,7-9,12-14,16H,6,10-11,15H2,1-3H3. The molecule has 4 aromatic rings. The number of halogens is 3. The molecule has 0 aliphatic rings. The summed E-state index contributed by atoms with van der Waals surface area (Å²) in [6.45, 7) is 0.948. The lowest BCUT2D eigenvalue weighted by molar-refractivity contribution is -0.138. The quantitative estimate of drug-likeness (QED) is 0.235. The fourth-order valence-corrected chi connectivity index (χ4v) is 4.38. The molecule has 0 N–H and O–H groups in total. The van der Waals surface area contributed by atoms with Gasteiger partial charge in [0.2, 0.25) is 0 Å². The zero-order valence-corrected chi connectivity index (χ0v) is 21.8.